The summed E-state index contributed by atoms with van der Waals surface area (Å²) in [5, 5.41) is 0. The van der Waals surface area contributed by atoms with E-state index in [2.05, 4.69) is 0 Å². The van der Waals surface area contributed by atoms with Crippen molar-refractivity contribution in [2.24, 2.45) is 0 Å². The van der Waals surface area contributed by atoms with E-state index in [1.54, 1.807) is 48.5 Å². The summed E-state index contributed by atoms with van der Waals surface area (Å²) >= 11 is 0. The van der Waals surface area contributed by atoms with Gasteiger partial charge in [-0.15, -0.1) is 0 Å². The van der Waals surface area contributed by atoms with E-state index in [9.17, 15) is 21.6 Å². The highest BCUT2D eigenvalue weighted by Gasteiger charge is 2.38. The Hall–Kier alpha value is -3.07. The highest BCUT2D eigenvalue weighted by atomic mass is 32.3. The second-order valence-electron chi connectivity index (χ2n) is 7.72. The average Bonchev–Trinajstić information content (AvgIpc) is 2.88. The van der Waals surface area contributed by atoms with Crippen LogP contribution in [0.4, 0.5) is 13.2 Å². The van der Waals surface area contributed by atoms with Crippen LogP contribution in [0.3, 0.4) is 0 Å². The summed E-state index contributed by atoms with van der Waals surface area (Å²) in [6, 6.07) is 29.0. The van der Waals surface area contributed by atoms with Gasteiger partial charge in [-0.05, 0) is 83.0 Å². The van der Waals surface area contributed by atoms with Gasteiger partial charge in [0.1, 0.15) is 0 Å². The van der Waals surface area contributed by atoms with E-state index < -0.39 is 32.2 Å². The van der Waals surface area contributed by atoms with Crippen LogP contribution in [-0.2, 0) is 26.3 Å². The first kappa shape index (κ1) is 25.0. The molecule has 0 aliphatic heterocycles. The van der Waals surface area contributed by atoms with Gasteiger partial charge >= 0.3 is 16.3 Å². The normalized spacial score (nSPS) is 12.9. The zero-order chi connectivity index (χ0) is 25.1. The van der Waals surface area contributed by atoms with Crippen LogP contribution >= 0.6 is 10.3 Å². The molecule has 0 radical (unpaired) electrons. The van der Waals surface area contributed by atoms with Gasteiger partial charge in [-0.1, -0.05) is 55.5 Å². The topological polar surface area (TPSA) is 43.4 Å². The van der Waals surface area contributed by atoms with Gasteiger partial charge in [-0.3, -0.25) is 0 Å². The third-order valence-corrected chi connectivity index (χ3v) is 10.7. The van der Waals surface area contributed by atoms with Crippen molar-refractivity contribution in [3.63, 3.8) is 0 Å². The first-order valence-electron chi connectivity index (χ1n) is 10.8. The lowest BCUT2D eigenvalue weighted by atomic mass is 10.2. The molecule has 0 saturated carbocycles. The summed E-state index contributed by atoms with van der Waals surface area (Å²) in [6.07, 6.45) is -3.77. The Balaban J connectivity index is 1.93. The molecule has 0 heterocycles. The standard InChI is InChI=1S/C27H23F3O3S2/c1-2-21-13-17-25(18-14-21)34(23-9-5-3-6-10-23,24-11-7-4-8-12-24)33-35(31,32)26-19-15-22(16-20-26)27(28,29)30/h3-20H,2H2,1H3. The summed E-state index contributed by atoms with van der Waals surface area (Å²) in [4.78, 5) is 1.60. The lowest BCUT2D eigenvalue weighted by Crippen LogP contribution is -2.15. The maximum absolute atomic E-state index is 13.6. The molecule has 0 unspecified atom stereocenters. The molecule has 35 heavy (non-hydrogen) atoms. The van der Waals surface area contributed by atoms with Crippen LogP contribution in [0.25, 0.3) is 0 Å². The van der Waals surface area contributed by atoms with Crippen LogP contribution < -0.4 is 0 Å². The fourth-order valence-corrected chi connectivity index (χ4v) is 8.87. The Morgan fingerprint density at radius 3 is 1.49 bits per heavy atom. The minimum atomic E-state index is -4.58. The van der Waals surface area contributed by atoms with Gasteiger partial charge in [0.05, 0.1) is 10.5 Å². The van der Waals surface area contributed by atoms with E-state index in [4.69, 9.17) is 3.63 Å². The summed E-state index contributed by atoms with van der Waals surface area (Å²) in [5.74, 6) is 0. The molecule has 4 aromatic rings. The molecule has 0 N–H and O–H groups in total. The third kappa shape index (κ3) is 5.15. The fraction of sp³-hybridized carbons (Fsp3) is 0.111. The van der Waals surface area contributed by atoms with Crippen molar-refractivity contribution in [1.29, 1.82) is 0 Å². The Morgan fingerprint density at radius 2 is 1.06 bits per heavy atom. The quantitative estimate of drug-likeness (QED) is 0.251. The first-order chi connectivity index (χ1) is 16.7. The minimum Gasteiger partial charge on any atom is -0.203 e. The average molecular weight is 517 g/mol. The van der Waals surface area contributed by atoms with Gasteiger partial charge in [-0.25, -0.2) is 3.63 Å². The van der Waals surface area contributed by atoms with Crippen LogP contribution in [0.2, 0.25) is 0 Å². The molecule has 0 amide bonds. The van der Waals surface area contributed by atoms with Crippen molar-refractivity contribution >= 4 is 20.4 Å². The predicted octanol–water partition coefficient (Wildman–Crippen LogP) is 7.87. The Morgan fingerprint density at radius 1 is 0.629 bits per heavy atom. The highest BCUT2D eigenvalue weighted by Crippen LogP contribution is 2.70. The summed E-state index contributed by atoms with van der Waals surface area (Å²) < 4.78 is 72.4. The molecule has 4 rings (SSSR count). The Kier molecular flexibility index (Phi) is 7.07. The molecule has 3 nitrogen and oxygen atoms in total. The molecule has 0 saturated heterocycles. The number of alkyl halides is 3. The van der Waals surface area contributed by atoms with Crippen molar-refractivity contribution in [2.45, 2.75) is 39.1 Å². The molecule has 0 bridgehead atoms. The van der Waals surface area contributed by atoms with Gasteiger partial charge in [-0.2, -0.15) is 21.6 Å². The number of hydrogen-bond donors (Lipinski definition) is 0. The molecule has 0 atom stereocenters. The minimum absolute atomic E-state index is 0.348. The maximum atomic E-state index is 13.6. The van der Waals surface area contributed by atoms with E-state index in [1.807, 2.05) is 43.3 Å². The monoisotopic (exact) mass is 516 g/mol. The molecule has 0 aliphatic rings. The molecule has 0 aromatic heterocycles. The molecule has 8 heteroatoms. The number of hydrogen-bond acceptors (Lipinski definition) is 3. The number of aryl methyl sites for hydroxylation is 1. The summed E-state index contributed by atoms with van der Waals surface area (Å²) in [5.41, 5.74) is 0.144. The summed E-state index contributed by atoms with van der Waals surface area (Å²) in [7, 11) is -7.28. The zero-order valence-electron chi connectivity index (χ0n) is 18.8. The zero-order valence-corrected chi connectivity index (χ0v) is 20.4. The predicted molar refractivity (Wildman–Crippen MR) is 131 cm³/mol. The van der Waals surface area contributed by atoms with Crippen molar-refractivity contribution < 1.29 is 25.2 Å². The summed E-state index contributed by atoms with van der Waals surface area (Å²) in [6.45, 7) is 2.02. The van der Waals surface area contributed by atoms with Crippen molar-refractivity contribution in [1.82, 2.24) is 0 Å². The van der Waals surface area contributed by atoms with Crippen molar-refractivity contribution in [3.05, 3.63) is 120 Å². The van der Waals surface area contributed by atoms with E-state index in [0.29, 0.717) is 14.7 Å². The second-order valence-corrected chi connectivity index (χ2v) is 12.2. The Labute approximate surface area is 204 Å². The van der Waals surface area contributed by atoms with Gasteiger partial charge in [0, 0.05) is 14.7 Å². The molecule has 4 aromatic carbocycles. The van der Waals surface area contributed by atoms with E-state index >= 15 is 0 Å². The van der Waals surface area contributed by atoms with Gasteiger partial charge in [0.25, 0.3) is 0 Å². The highest BCUT2D eigenvalue weighted by molar-refractivity contribution is 8.33. The SMILES string of the molecule is CCc1ccc(S(OS(=O)(=O)c2ccc(C(F)(F)F)cc2)(c2ccccc2)c2ccccc2)cc1. The largest absolute Gasteiger partial charge is 0.416 e. The molecule has 182 valence electrons. The second kappa shape index (κ2) is 9.89. The van der Waals surface area contributed by atoms with Gasteiger partial charge in [0.2, 0.25) is 0 Å². The van der Waals surface area contributed by atoms with E-state index in [0.717, 1.165) is 36.2 Å². The molecular weight excluding hydrogens is 493 g/mol. The Bertz CT molecular complexity index is 1330. The van der Waals surface area contributed by atoms with Crippen LogP contribution in [0.1, 0.15) is 18.1 Å². The van der Waals surface area contributed by atoms with E-state index in [-0.39, 0.29) is 4.90 Å². The maximum Gasteiger partial charge on any atom is 0.416 e. The third-order valence-electron chi connectivity index (χ3n) is 5.48. The number of halogens is 3. The van der Waals surface area contributed by atoms with Crippen LogP contribution in [0, 0.1) is 0 Å². The molecular formula is C27H23F3O3S2. The number of rotatable bonds is 7. The number of benzene rings is 4. The fourth-order valence-electron chi connectivity index (χ4n) is 3.65. The van der Waals surface area contributed by atoms with Gasteiger partial charge < -0.3 is 0 Å². The van der Waals surface area contributed by atoms with Crippen LogP contribution in [0.5, 0.6) is 0 Å². The molecule has 0 aliphatic carbocycles. The van der Waals surface area contributed by atoms with Crippen molar-refractivity contribution in [2.75, 3.05) is 0 Å². The molecule has 0 spiro atoms. The van der Waals surface area contributed by atoms with Gasteiger partial charge in [0.15, 0.2) is 0 Å². The van der Waals surface area contributed by atoms with E-state index in [1.165, 1.54) is 0 Å². The lowest BCUT2D eigenvalue weighted by Gasteiger charge is -2.39. The lowest BCUT2D eigenvalue weighted by molar-refractivity contribution is -0.137. The smallest absolute Gasteiger partial charge is 0.203 e. The van der Waals surface area contributed by atoms with Crippen LogP contribution in [0.15, 0.2) is 129 Å². The van der Waals surface area contributed by atoms with Crippen molar-refractivity contribution in [3.8, 4) is 0 Å². The molecule has 0 fully saturated rings. The first-order valence-corrected chi connectivity index (χ1v) is 13.8. The van der Waals surface area contributed by atoms with Crippen LogP contribution in [-0.4, -0.2) is 8.42 Å².